The molecule has 0 aliphatic heterocycles. The molecule has 7 nitrogen and oxygen atoms in total. The number of benzene rings is 3. The van der Waals surface area contributed by atoms with Crippen LogP contribution >= 0.6 is 0 Å². The predicted octanol–water partition coefficient (Wildman–Crippen LogP) is 8.40. The first-order chi connectivity index (χ1) is 21.6. The molecule has 244 valence electrons. The largest absolute Gasteiger partial charge is 0.493 e. The molecule has 0 saturated heterocycles. The van der Waals surface area contributed by atoms with Crippen LogP contribution in [0.25, 0.3) is 22.4 Å². The second-order valence-corrected chi connectivity index (χ2v) is 10.6. The maximum Gasteiger partial charge on any atom is 0.419 e. The molecule has 0 atom stereocenters. The number of alkyl halides is 3. The fraction of sp³-hybridized carbons (Fsp3) is 0.441. The van der Waals surface area contributed by atoms with Crippen molar-refractivity contribution < 1.29 is 31.8 Å². The Morgan fingerprint density at radius 1 is 0.756 bits per heavy atom. The lowest BCUT2D eigenvalue weighted by atomic mass is 10.2. The lowest BCUT2D eigenvalue weighted by Gasteiger charge is -2.18. The minimum absolute atomic E-state index is 0.131. The van der Waals surface area contributed by atoms with E-state index in [1.165, 1.54) is 0 Å². The summed E-state index contributed by atoms with van der Waals surface area (Å²) in [6.07, 6.45) is -3.09. The first-order valence-electron chi connectivity index (χ1n) is 15.5. The first kappa shape index (κ1) is 34.1. The molecule has 1 aromatic heterocycles. The number of rotatable bonds is 17. The SMILES string of the molecule is CCN(CC)CCCOc1cc(OCCCN(CC)CC)c2nc(-c3cccc(Oc4ccc(F)c(C(F)(F)F)c4)c3)[nH]c2c1. The number of nitrogens with one attached hydrogen (secondary N) is 1. The molecule has 0 saturated carbocycles. The highest BCUT2D eigenvalue weighted by atomic mass is 19.4. The predicted molar refractivity (Wildman–Crippen MR) is 169 cm³/mol. The molecule has 0 radical (unpaired) electrons. The van der Waals surface area contributed by atoms with E-state index >= 15 is 0 Å². The third-order valence-electron chi connectivity index (χ3n) is 7.66. The highest BCUT2D eigenvalue weighted by Crippen LogP contribution is 2.36. The summed E-state index contributed by atoms with van der Waals surface area (Å²) in [5.74, 6) is 0.587. The van der Waals surface area contributed by atoms with E-state index in [1.807, 2.05) is 18.2 Å². The molecule has 1 heterocycles. The van der Waals surface area contributed by atoms with E-state index < -0.39 is 17.6 Å². The molecule has 0 unspecified atom stereocenters. The Bertz CT molecular complexity index is 1520. The highest BCUT2D eigenvalue weighted by Gasteiger charge is 2.34. The van der Waals surface area contributed by atoms with E-state index in [4.69, 9.17) is 19.2 Å². The summed E-state index contributed by atoms with van der Waals surface area (Å²) < 4.78 is 71.4. The van der Waals surface area contributed by atoms with Crippen LogP contribution in [-0.4, -0.2) is 72.3 Å². The summed E-state index contributed by atoms with van der Waals surface area (Å²) >= 11 is 0. The summed E-state index contributed by atoms with van der Waals surface area (Å²) in [6, 6.07) is 13.1. The van der Waals surface area contributed by atoms with E-state index in [1.54, 1.807) is 18.2 Å². The van der Waals surface area contributed by atoms with Crippen molar-refractivity contribution in [3.05, 3.63) is 66.0 Å². The van der Waals surface area contributed by atoms with Crippen LogP contribution in [0.2, 0.25) is 0 Å². The number of H-pyrrole nitrogens is 1. The van der Waals surface area contributed by atoms with Crippen molar-refractivity contribution in [3.8, 4) is 34.4 Å². The lowest BCUT2D eigenvalue weighted by Crippen LogP contribution is -2.25. The number of imidazole rings is 1. The van der Waals surface area contributed by atoms with Gasteiger partial charge in [0.05, 0.1) is 24.3 Å². The Morgan fingerprint density at radius 2 is 1.40 bits per heavy atom. The number of fused-ring (bicyclic) bond motifs is 1. The topological polar surface area (TPSA) is 62.9 Å². The average Bonchev–Trinajstić information content (AvgIpc) is 3.46. The zero-order valence-electron chi connectivity index (χ0n) is 26.3. The third kappa shape index (κ3) is 9.34. The number of ether oxygens (including phenoxy) is 3. The van der Waals surface area contributed by atoms with Gasteiger partial charge in [0.25, 0.3) is 0 Å². The lowest BCUT2D eigenvalue weighted by molar-refractivity contribution is -0.140. The molecule has 3 aromatic carbocycles. The Morgan fingerprint density at radius 3 is 2.04 bits per heavy atom. The molecule has 0 bridgehead atoms. The van der Waals surface area contributed by atoms with E-state index in [9.17, 15) is 17.6 Å². The molecule has 1 N–H and O–H groups in total. The number of aromatic nitrogens is 2. The standard InChI is InChI=1S/C34H42F4N4O3/c1-5-41(6-2)16-10-18-43-27-22-30-32(31(23-27)44-19-11-17-42(7-3)8-4)40-33(39-30)24-12-9-13-25(20-24)45-26-14-15-29(35)28(21-26)34(36,37)38/h9,12-15,20-23H,5-8,10-11,16-19H2,1-4H3,(H,39,40). The third-order valence-corrected chi connectivity index (χ3v) is 7.66. The minimum Gasteiger partial charge on any atom is -0.493 e. The van der Waals surface area contributed by atoms with E-state index in [2.05, 4.69) is 42.5 Å². The second kappa shape index (κ2) is 15.9. The highest BCUT2D eigenvalue weighted by molar-refractivity contribution is 5.86. The summed E-state index contributed by atoms with van der Waals surface area (Å²) in [4.78, 5) is 12.8. The zero-order valence-corrected chi connectivity index (χ0v) is 26.3. The molecular weight excluding hydrogens is 588 g/mol. The van der Waals surface area contributed by atoms with E-state index in [0.29, 0.717) is 47.7 Å². The van der Waals surface area contributed by atoms with Crippen LogP contribution in [0.5, 0.6) is 23.0 Å². The van der Waals surface area contributed by atoms with Crippen LogP contribution in [0.15, 0.2) is 54.6 Å². The molecule has 45 heavy (non-hydrogen) atoms. The molecule has 0 spiro atoms. The Labute approximate surface area is 262 Å². The molecule has 0 fully saturated rings. The molecular formula is C34H42F4N4O3. The van der Waals surface area contributed by atoms with Crippen LogP contribution in [0, 0.1) is 5.82 Å². The zero-order chi connectivity index (χ0) is 32.4. The quantitative estimate of drug-likeness (QED) is 0.0934. The maximum atomic E-state index is 13.8. The van der Waals surface area contributed by atoms with Gasteiger partial charge >= 0.3 is 6.18 Å². The van der Waals surface area contributed by atoms with Gasteiger partial charge in [0.15, 0.2) is 5.75 Å². The van der Waals surface area contributed by atoms with Crippen molar-refractivity contribution in [2.45, 2.75) is 46.7 Å². The molecule has 0 aliphatic carbocycles. The summed E-state index contributed by atoms with van der Waals surface area (Å²) in [7, 11) is 0. The number of nitrogens with zero attached hydrogens (tertiary/aromatic N) is 3. The van der Waals surface area contributed by atoms with Crippen LogP contribution in [-0.2, 0) is 6.18 Å². The summed E-state index contributed by atoms with van der Waals surface area (Å²) in [6.45, 7) is 15.5. The smallest absolute Gasteiger partial charge is 0.419 e. The molecule has 0 aliphatic rings. The summed E-state index contributed by atoms with van der Waals surface area (Å²) in [5.41, 5.74) is 0.632. The number of hydrogen-bond donors (Lipinski definition) is 1. The van der Waals surface area contributed by atoms with Crippen molar-refractivity contribution in [1.29, 1.82) is 0 Å². The van der Waals surface area contributed by atoms with Crippen molar-refractivity contribution in [2.75, 3.05) is 52.5 Å². The Balaban J connectivity index is 1.56. The van der Waals surface area contributed by atoms with Gasteiger partial charge in [-0.2, -0.15) is 13.2 Å². The van der Waals surface area contributed by atoms with Crippen molar-refractivity contribution >= 4 is 11.0 Å². The number of hydrogen-bond acceptors (Lipinski definition) is 6. The Kier molecular flexibility index (Phi) is 12.1. The normalized spacial score (nSPS) is 12.0. The minimum atomic E-state index is -4.83. The number of halogens is 4. The molecule has 4 rings (SSSR count). The van der Waals surface area contributed by atoms with Gasteiger partial charge < -0.3 is 29.0 Å². The fourth-order valence-corrected chi connectivity index (χ4v) is 5.05. The fourth-order valence-electron chi connectivity index (χ4n) is 5.05. The van der Waals surface area contributed by atoms with Gasteiger partial charge in [0.1, 0.15) is 34.4 Å². The van der Waals surface area contributed by atoms with E-state index in [0.717, 1.165) is 69.8 Å². The second-order valence-electron chi connectivity index (χ2n) is 10.6. The van der Waals surface area contributed by atoms with Crippen LogP contribution < -0.4 is 14.2 Å². The maximum absolute atomic E-state index is 13.8. The Hall–Kier alpha value is -3.83. The molecule has 0 amide bonds. The number of aromatic amines is 1. The molecule has 11 heteroatoms. The van der Waals surface area contributed by atoms with Gasteiger partial charge in [-0.25, -0.2) is 9.37 Å². The van der Waals surface area contributed by atoms with Crippen molar-refractivity contribution in [1.82, 2.24) is 19.8 Å². The van der Waals surface area contributed by atoms with Crippen molar-refractivity contribution in [3.63, 3.8) is 0 Å². The van der Waals surface area contributed by atoms with Crippen LogP contribution in [0.4, 0.5) is 17.6 Å². The molecule has 4 aromatic rings. The van der Waals surface area contributed by atoms with Gasteiger partial charge in [-0.05, 0) is 69.4 Å². The van der Waals surface area contributed by atoms with Gasteiger partial charge in [-0.3, -0.25) is 0 Å². The van der Waals surface area contributed by atoms with Gasteiger partial charge in [-0.1, -0.05) is 39.8 Å². The monoisotopic (exact) mass is 630 g/mol. The van der Waals surface area contributed by atoms with Gasteiger partial charge in [0.2, 0.25) is 0 Å². The van der Waals surface area contributed by atoms with Gasteiger partial charge in [-0.15, -0.1) is 0 Å². The van der Waals surface area contributed by atoms with Crippen LogP contribution in [0.1, 0.15) is 46.1 Å². The van der Waals surface area contributed by atoms with Crippen molar-refractivity contribution in [2.24, 2.45) is 0 Å². The summed E-state index contributed by atoms with van der Waals surface area (Å²) in [5, 5.41) is 0. The first-order valence-corrected chi connectivity index (χ1v) is 15.5. The van der Waals surface area contributed by atoms with Crippen LogP contribution in [0.3, 0.4) is 0 Å². The average molecular weight is 631 g/mol. The van der Waals surface area contributed by atoms with E-state index in [-0.39, 0.29) is 11.5 Å². The van der Waals surface area contributed by atoms with Gasteiger partial charge in [0, 0.05) is 30.8 Å².